The Morgan fingerprint density at radius 1 is 1.22 bits per heavy atom. The second kappa shape index (κ2) is 5.29. The van der Waals surface area contributed by atoms with Crippen LogP contribution in [-0.4, -0.2) is 11.5 Å². The van der Waals surface area contributed by atoms with Gasteiger partial charge in [0.25, 0.3) is 0 Å². The van der Waals surface area contributed by atoms with Crippen LogP contribution in [0.1, 0.15) is 28.3 Å². The van der Waals surface area contributed by atoms with E-state index >= 15 is 0 Å². The third-order valence-electron chi connectivity index (χ3n) is 3.13. The van der Waals surface area contributed by atoms with E-state index < -0.39 is 0 Å². The largest absolute Gasteiger partial charge is 0.369 e. The molecule has 1 aromatic carbocycles. The molecule has 1 aliphatic heterocycles. The zero-order valence-corrected chi connectivity index (χ0v) is 11.7. The summed E-state index contributed by atoms with van der Waals surface area (Å²) in [5, 5.41) is 5.40. The summed E-state index contributed by atoms with van der Waals surface area (Å²) in [6.45, 7) is 1.05. The minimum absolute atomic E-state index is 0.787. The number of aromatic nitrogens is 1. The van der Waals surface area contributed by atoms with Crippen LogP contribution in [0.3, 0.4) is 0 Å². The molecule has 2 heterocycles. The number of nitrogens with zero attached hydrogens (tertiary/aromatic N) is 1. The number of hydrogen-bond donors (Lipinski definition) is 1. The van der Waals surface area contributed by atoms with Gasteiger partial charge >= 0.3 is 0 Å². The van der Waals surface area contributed by atoms with Crippen LogP contribution in [-0.2, 0) is 12.8 Å². The highest BCUT2D eigenvalue weighted by molar-refractivity contribution is 7.12. The van der Waals surface area contributed by atoms with Crippen LogP contribution in [0.15, 0.2) is 24.3 Å². The Labute approximate surface area is 116 Å². The lowest BCUT2D eigenvalue weighted by Gasteiger charge is -1.99. The van der Waals surface area contributed by atoms with Gasteiger partial charge in [0.1, 0.15) is 5.82 Å². The van der Waals surface area contributed by atoms with E-state index in [1.165, 1.54) is 34.7 Å². The van der Waals surface area contributed by atoms with Crippen LogP contribution >= 0.6 is 22.9 Å². The summed E-state index contributed by atoms with van der Waals surface area (Å²) in [6, 6.07) is 8.02. The van der Waals surface area contributed by atoms with E-state index in [4.69, 9.17) is 16.6 Å². The van der Waals surface area contributed by atoms with Crippen molar-refractivity contribution in [3.05, 3.63) is 44.7 Å². The highest BCUT2D eigenvalue weighted by atomic mass is 35.5. The van der Waals surface area contributed by atoms with Crippen LogP contribution < -0.4 is 5.32 Å². The average molecular weight is 279 g/mol. The Hall–Kier alpha value is -1.06. The molecule has 0 bridgehead atoms. The van der Waals surface area contributed by atoms with Gasteiger partial charge in [0.05, 0.1) is 5.01 Å². The van der Waals surface area contributed by atoms with Gasteiger partial charge in [0, 0.05) is 22.9 Å². The maximum atomic E-state index is 5.89. The molecule has 0 saturated carbocycles. The average Bonchev–Trinajstić information content (AvgIpc) is 2.62. The van der Waals surface area contributed by atoms with Crippen LogP contribution in [0.5, 0.6) is 0 Å². The van der Waals surface area contributed by atoms with Gasteiger partial charge < -0.3 is 5.32 Å². The maximum Gasteiger partial charge on any atom is 0.140 e. The Bertz CT molecular complexity index is 510. The SMILES string of the molecule is Clc1ccc(Cc2nc3c(s2)CCCCN3)cc1. The number of nitrogens with one attached hydrogen (secondary N) is 1. The van der Waals surface area contributed by atoms with Crippen LogP contribution in [0.4, 0.5) is 5.82 Å². The van der Waals surface area contributed by atoms with Crippen molar-refractivity contribution in [1.29, 1.82) is 0 Å². The Morgan fingerprint density at radius 2 is 2.06 bits per heavy atom. The van der Waals surface area contributed by atoms with Crippen molar-refractivity contribution in [1.82, 2.24) is 4.98 Å². The minimum Gasteiger partial charge on any atom is -0.369 e. The molecule has 94 valence electrons. The fraction of sp³-hybridized carbons (Fsp3) is 0.357. The van der Waals surface area contributed by atoms with Gasteiger partial charge in [0.15, 0.2) is 0 Å². The summed E-state index contributed by atoms with van der Waals surface area (Å²) in [5.41, 5.74) is 1.27. The van der Waals surface area contributed by atoms with E-state index in [9.17, 15) is 0 Å². The highest BCUT2D eigenvalue weighted by Crippen LogP contribution is 2.28. The molecule has 0 saturated heterocycles. The van der Waals surface area contributed by atoms with Gasteiger partial charge in [-0.25, -0.2) is 4.98 Å². The molecule has 2 aromatic rings. The molecule has 0 unspecified atom stereocenters. The smallest absolute Gasteiger partial charge is 0.140 e. The Morgan fingerprint density at radius 3 is 2.89 bits per heavy atom. The third kappa shape index (κ3) is 2.68. The molecule has 4 heteroatoms. The van der Waals surface area contributed by atoms with E-state index in [0.29, 0.717) is 0 Å². The topological polar surface area (TPSA) is 24.9 Å². The number of aryl methyl sites for hydroxylation is 1. The number of halogens is 1. The third-order valence-corrected chi connectivity index (χ3v) is 4.50. The summed E-state index contributed by atoms with van der Waals surface area (Å²) in [5.74, 6) is 1.11. The number of fused-ring (bicyclic) bond motifs is 1. The number of anilines is 1. The maximum absolute atomic E-state index is 5.89. The number of hydrogen-bond acceptors (Lipinski definition) is 3. The monoisotopic (exact) mass is 278 g/mol. The van der Waals surface area contributed by atoms with Gasteiger partial charge in [-0.3, -0.25) is 0 Å². The van der Waals surface area contributed by atoms with Crippen LogP contribution in [0.2, 0.25) is 5.02 Å². The van der Waals surface area contributed by atoms with Gasteiger partial charge in [-0.1, -0.05) is 23.7 Å². The zero-order chi connectivity index (χ0) is 12.4. The van der Waals surface area contributed by atoms with E-state index in [-0.39, 0.29) is 0 Å². The molecule has 0 amide bonds. The summed E-state index contributed by atoms with van der Waals surface area (Å²) < 4.78 is 0. The Balaban J connectivity index is 1.79. The van der Waals surface area contributed by atoms with E-state index in [1.54, 1.807) is 0 Å². The lowest BCUT2D eigenvalue weighted by Crippen LogP contribution is -1.99. The molecule has 1 N–H and O–H groups in total. The molecular formula is C14H15ClN2S. The van der Waals surface area contributed by atoms with Crippen molar-refractivity contribution in [2.24, 2.45) is 0 Å². The molecule has 1 aliphatic rings. The first kappa shape index (κ1) is 12.0. The molecule has 18 heavy (non-hydrogen) atoms. The number of thiazole rings is 1. The number of rotatable bonds is 2. The quantitative estimate of drug-likeness (QED) is 0.893. The summed E-state index contributed by atoms with van der Waals surface area (Å²) in [4.78, 5) is 6.12. The second-order valence-corrected chi connectivity index (χ2v) is 6.17. The van der Waals surface area contributed by atoms with Crippen molar-refractivity contribution >= 4 is 28.8 Å². The normalized spacial score (nSPS) is 14.7. The van der Waals surface area contributed by atoms with Crippen molar-refractivity contribution in [2.45, 2.75) is 25.7 Å². The lowest BCUT2D eigenvalue weighted by molar-refractivity contribution is 0.790. The van der Waals surface area contributed by atoms with Gasteiger partial charge in [-0.2, -0.15) is 0 Å². The van der Waals surface area contributed by atoms with Crippen molar-refractivity contribution in [2.75, 3.05) is 11.9 Å². The van der Waals surface area contributed by atoms with E-state index in [1.807, 2.05) is 23.5 Å². The predicted octanol–water partition coefficient (Wildman–Crippen LogP) is 4.14. The molecule has 0 spiro atoms. The summed E-state index contributed by atoms with van der Waals surface area (Å²) >= 11 is 7.73. The summed E-state index contributed by atoms with van der Waals surface area (Å²) in [6.07, 6.45) is 4.58. The van der Waals surface area contributed by atoms with Gasteiger partial charge in [-0.05, 0) is 37.0 Å². The standard InChI is InChI=1S/C14H15ClN2S/c15-11-6-4-10(5-7-11)9-13-17-14-12(18-13)3-1-2-8-16-14/h4-7,16H,1-3,8-9H2. The second-order valence-electron chi connectivity index (χ2n) is 4.57. The van der Waals surface area contributed by atoms with Crippen LogP contribution in [0, 0.1) is 0 Å². The van der Waals surface area contributed by atoms with E-state index in [0.717, 1.165) is 23.8 Å². The predicted molar refractivity (Wildman–Crippen MR) is 77.8 cm³/mol. The first-order valence-electron chi connectivity index (χ1n) is 6.28. The fourth-order valence-electron chi connectivity index (χ4n) is 2.18. The molecule has 0 fully saturated rings. The van der Waals surface area contributed by atoms with Crippen molar-refractivity contribution in [3.63, 3.8) is 0 Å². The Kier molecular flexibility index (Phi) is 3.52. The zero-order valence-electron chi connectivity index (χ0n) is 10.1. The molecule has 1 aromatic heterocycles. The molecule has 0 radical (unpaired) electrons. The van der Waals surface area contributed by atoms with Gasteiger partial charge in [-0.15, -0.1) is 11.3 Å². The molecule has 3 rings (SSSR count). The molecule has 0 aliphatic carbocycles. The first-order chi connectivity index (χ1) is 8.81. The van der Waals surface area contributed by atoms with E-state index in [2.05, 4.69) is 17.4 Å². The minimum atomic E-state index is 0.787. The van der Waals surface area contributed by atoms with Gasteiger partial charge in [0.2, 0.25) is 0 Å². The van der Waals surface area contributed by atoms with Crippen molar-refractivity contribution in [3.8, 4) is 0 Å². The van der Waals surface area contributed by atoms with Crippen molar-refractivity contribution < 1.29 is 0 Å². The number of benzene rings is 1. The highest BCUT2D eigenvalue weighted by Gasteiger charge is 2.13. The first-order valence-corrected chi connectivity index (χ1v) is 7.47. The fourth-order valence-corrected chi connectivity index (χ4v) is 3.42. The summed E-state index contributed by atoms with van der Waals surface area (Å²) in [7, 11) is 0. The molecule has 2 nitrogen and oxygen atoms in total. The molecule has 0 atom stereocenters. The van der Waals surface area contributed by atoms with Crippen LogP contribution in [0.25, 0.3) is 0 Å². The molecular weight excluding hydrogens is 264 g/mol. The lowest BCUT2D eigenvalue weighted by atomic mass is 10.2.